The highest BCUT2D eigenvalue weighted by Crippen LogP contribution is 2.39. The van der Waals surface area contributed by atoms with Crippen LogP contribution in [-0.2, 0) is 19.7 Å². The second-order valence-corrected chi connectivity index (χ2v) is 8.18. The quantitative estimate of drug-likeness (QED) is 0.838. The zero-order valence-electron chi connectivity index (χ0n) is 13.0. The summed E-state index contributed by atoms with van der Waals surface area (Å²) in [6, 6.07) is 6.62. The van der Waals surface area contributed by atoms with E-state index in [2.05, 4.69) is 45.9 Å². The average Bonchev–Trinajstić information content (AvgIpc) is 2.83. The molecular weight excluding hydrogens is 284 g/mol. The van der Waals surface area contributed by atoms with Gasteiger partial charge in [0.05, 0.1) is 12.7 Å². The van der Waals surface area contributed by atoms with Crippen molar-refractivity contribution >= 4 is 17.5 Å². The van der Waals surface area contributed by atoms with Crippen molar-refractivity contribution in [2.24, 2.45) is 0 Å². The van der Waals surface area contributed by atoms with E-state index in [4.69, 9.17) is 9.47 Å². The maximum atomic E-state index is 11.9. The van der Waals surface area contributed by atoms with Gasteiger partial charge < -0.3 is 9.47 Å². The van der Waals surface area contributed by atoms with Gasteiger partial charge in [0.2, 0.25) is 6.29 Å². The molecule has 2 aliphatic rings. The molecule has 3 rings (SSSR count). The predicted octanol–water partition coefficient (Wildman–Crippen LogP) is 3.47. The lowest BCUT2D eigenvalue weighted by molar-refractivity contribution is -0.151. The minimum Gasteiger partial charge on any atom is -0.343 e. The SMILES string of the molecule is Cc1ccc(C(C)(C)C)cc1S[C@@H]1CC(=O)[C@H]2OC[C@H]1O2. The molecule has 114 valence electrons. The molecule has 0 aliphatic carbocycles. The van der Waals surface area contributed by atoms with E-state index in [1.807, 2.05) is 0 Å². The number of ether oxygens (including phenoxy) is 2. The van der Waals surface area contributed by atoms with Crippen molar-refractivity contribution in [1.82, 2.24) is 0 Å². The van der Waals surface area contributed by atoms with Gasteiger partial charge in [-0.1, -0.05) is 32.9 Å². The molecular formula is C17H22O3S. The third-order valence-electron chi connectivity index (χ3n) is 4.12. The fraction of sp³-hybridized carbons (Fsp3) is 0.588. The summed E-state index contributed by atoms with van der Waals surface area (Å²) in [6.07, 6.45) is -0.0247. The maximum absolute atomic E-state index is 11.9. The molecule has 3 nitrogen and oxygen atoms in total. The Kier molecular flexibility index (Phi) is 3.89. The first-order valence-electron chi connectivity index (χ1n) is 7.42. The van der Waals surface area contributed by atoms with E-state index >= 15 is 0 Å². The van der Waals surface area contributed by atoms with Gasteiger partial charge in [-0.15, -0.1) is 11.8 Å². The van der Waals surface area contributed by atoms with Crippen LogP contribution in [0.1, 0.15) is 38.3 Å². The number of benzene rings is 1. The van der Waals surface area contributed by atoms with Gasteiger partial charge in [0.1, 0.15) is 0 Å². The second kappa shape index (κ2) is 5.41. The number of carbonyl (C=O) groups is 1. The number of carbonyl (C=O) groups excluding carboxylic acids is 1. The Hall–Kier alpha value is -0.840. The van der Waals surface area contributed by atoms with E-state index in [9.17, 15) is 4.79 Å². The van der Waals surface area contributed by atoms with E-state index < -0.39 is 6.29 Å². The number of hydrogen-bond acceptors (Lipinski definition) is 4. The molecule has 0 spiro atoms. The van der Waals surface area contributed by atoms with Crippen molar-refractivity contribution in [3.8, 4) is 0 Å². The number of ketones is 1. The largest absolute Gasteiger partial charge is 0.343 e. The van der Waals surface area contributed by atoms with Gasteiger partial charge in [0, 0.05) is 16.6 Å². The van der Waals surface area contributed by atoms with E-state index in [1.165, 1.54) is 16.0 Å². The topological polar surface area (TPSA) is 35.5 Å². The molecule has 2 heterocycles. The van der Waals surface area contributed by atoms with E-state index in [1.54, 1.807) is 11.8 Å². The summed E-state index contributed by atoms with van der Waals surface area (Å²) in [5.74, 6) is 0.0749. The molecule has 1 aromatic rings. The Labute approximate surface area is 130 Å². The molecule has 0 amide bonds. The number of rotatable bonds is 2. The maximum Gasteiger partial charge on any atom is 0.218 e. The molecule has 2 aliphatic heterocycles. The molecule has 2 saturated heterocycles. The average molecular weight is 306 g/mol. The van der Waals surface area contributed by atoms with Crippen LogP contribution < -0.4 is 0 Å². The monoisotopic (exact) mass is 306 g/mol. The van der Waals surface area contributed by atoms with Gasteiger partial charge in [-0.2, -0.15) is 0 Å². The Balaban J connectivity index is 1.82. The number of aryl methyl sites for hydroxylation is 1. The third-order valence-corrected chi connectivity index (χ3v) is 5.59. The lowest BCUT2D eigenvalue weighted by Gasteiger charge is -2.27. The zero-order chi connectivity index (χ0) is 15.2. The van der Waals surface area contributed by atoms with E-state index in [0.29, 0.717) is 13.0 Å². The lowest BCUT2D eigenvalue weighted by Crippen LogP contribution is -2.37. The van der Waals surface area contributed by atoms with Crippen molar-refractivity contribution < 1.29 is 14.3 Å². The van der Waals surface area contributed by atoms with Crippen LogP contribution in [0.4, 0.5) is 0 Å². The van der Waals surface area contributed by atoms with Crippen LogP contribution in [0.5, 0.6) is 0 Å². The van der Waals surface area contributed by atoms with Crippen LogP contribution in [0.25, 0.3) is 0 Å². The van der Waals surface area contributed by atoms with Crippen LogP contribution in [0, 0.1) is 6.92 Å². The van der Waals surface area contributed by atoms with Crippen LogP contribution in [0.2, 0.25) is 0 Å². The zero-order valence-corrected chi connectivity index (χ0v) is 13.8. The number of thioether (sulfide) groups is 1. The smallest absolute Gasteiger partial charge is 0.218 e. The number of hydrogen-bond donors (Lipinski definition) is 0. The van der Waals surface area contributed by atoms with Crippen LogP contribution in [0.3, 0.4) is 0 Å². The molecule has 2 bridgehead atoms. The standard InChI is InChI=1S/C17H22O3S/c1-10-5-6-11(17(2,3)4)7-14(10)21-15-8-12(18)16-19-9-13(15)20-16/h5-7,13,15-16H,8-9H2,1-4H3/t13-,15-,16+/m1/s1. The first-order chi connectivity index (χ1) is 9.84. The summed E-state index contributed by atoms with van der Waals surface area (Å²) >= 11 is 1.76. The van der Waals surface area contributed by atoms with Gasteiger partial charge >= 0.3 is 0 Å². The Bertz CT molecular complexity index is 562. The number of fused-ring (bicyclic) bond motifs is 2. The normalized spacial score (nSPS) is 29.0. The van der Waals surface area contributed by atoms with Crippen LogP contribution in [-0.4, -0.2) is 30.0 Å². The van der Waals surface area contributed by atoms with E-state index in [0.717, 1.165) is 0 Å². The van der Waals surface area contributed by atoms with Crippen molar-refractivity contribution in [2.75, 3.05) is 6.61 Å². The molecule has 0 unspecified atom stereocenters. The molecule has 0 saturated carbocycles. The number of Topliss-reactive ketones (excluding diaryl/α,β-unsaturated/α-hetero) is 1. The fourth-order valence-corrected chi connectivity index (χ4v) is 4.00. The molecule has 1 aromatic carbocycles. The van der Waals surface area contributed by atoms with Crippen molar-refractivity contribution in [1.29, 1.82) is 0 Å². The predicted molar refractivity (Wildman–Crippen MR) is 83.8 cm³/mol. The van der Waals surface area contributed by atoms with Gasteiger partial charge in [0.15, 0.2) is 5.78 Å². The van der Waals surface area contributed by atoms with Crippen molar-refractivity contribution in [2.45, 2.75) is 62.1 Å². The van der Waals surface area contributed by atoms with Gasteiger partial charge in [-0.3, -0.25) is 4.79 Å². The highest BCUT2D eigenvalue weighted by Gasteiger charge is 2.43. The molecule has 2 fully saturated rings. The molecule has 21 heavy (non-hydrogen) atoms. The molecule has 0 radical (unpaired) electrons. The minimum atomic E-state index is -0.603. The molecule has 4 heteroatoms. The minimum absolute atomic E-state index is 0.0374. The van der Waals surface area contributed by atoms with Crippen LogP contribution in [0.15, 0.2) is 23.1 Å². The van der Waals surface area contributed by atoms with Gasteiger partial charge in [-0.05, 0) is 29.5 Å². The Morgan fingerprint density at radius 2 is 2.05 bits per heavy atom. The van der Waals surface area contributed by atoms with Gasteiger partial charge in [0.25, 0.3) is 0 Å². The summed E-state index contributed by atoms with van der Waals surface area (Å²) in [5, 5.41) is 0.158. The Morgan fingerprint density at radius 1 is 1.29 bits per heavy atom. The van der Waals surface area contributed by atoms with Gasteiger partial charge in [-0.25, -0.2) is 0 Å². The van der Waals surface area contributed by atoms with Crippen molar-refractivity contribution in [3.05, 3.63) is 29.3 Å². The first kappa shape index (κ1) is 15.1. The first-order valence-corrected chi connectivity index (χ1v) is 8.30. The second-order valence-electron chi connectivity index (χ2n) is 6.90. The van der Waals surface area contributed by atoms with Crippen LogP contribution >= 0.6 is 11.8 Å². The van der Waals surface area contributed by atoms with Crippen molar-refractivity contribution in [3.63, 3.8) is 0 Å². The summed E-state index contributed by atoms with van der Waals surface area (Å²) in [5.41, 5.74) is 2.70. The Morgan fingerprint density at radius 3 is 2.76 bits per heavy atom. The highest BCUT2D eigenvalue weighted by molar-refractivity contribution is 8.00. The van der Waals surface area contributed by atoms with E-state index in [-0.39, 0.29) is 22.6 Å². The third kappa shape index (κ3) is 3.03. The fourth-order valence-electron chi connectivity index (χ4n) is 2.68. The summed E-state index contributed by atoms with van der Waals surface area (Å²) in [4.78, 5) is 13.1. The molecule has 0 N–H and O–H groups in total. The highest BCUT2D eigenvalue weighted by atomic mass is 32.2. The summed E-state index contributed by atoms with van der Waals surface area (Å²) < 4.78 is 11.0. The molecule has 0 aromatic heterocycles. The molecule has 3 atom stereocenters. The summed E-state index contributed by atoms with van der Waals surface area (Å²) in [6.45, 7) is 9.30. The summed E-state index contributed by atoms with van der Waals surface area (Å²) in [7, 11) is 0. The lowest BCUT2D eigenvalue weighted by atomic mass is 9.87.